The van der Waals surface area contributed by atoms with Crippen molar-refractivity contribution >= 4 is 45.0 Å². The van der Waals surface area contributed by atoms with Gasteiger partial charge >= 0.3 is 0 Å². The number of halogens is 3. The molecule has 0 amide bonds. The predicted molar refractivity (Wildman–Crippen MR) is 144 cm³/mol. The van der Waals surface area contributed by atoms with Crippen LogP contribution in [0, 0.1) is 11.6 Å². The van der Waals surface area contributed by atoms with Gasteiger partial charge in [0.1, 0.15) is 0 Å². The normalized spacial score (nSPS) is 15.7. The van der Waals surface area contributed by atoms with E-state index in [-0.39, 0.29) is 29.8 Å². The Morgan fingerprint density at radius 3 is 2.59 bits per heavy atom. The molecule has 7 nitrogen and oxygen atoms in total. The van der Waals surface area contributed by atoms with Crippen molar-refractivity contribution in [2.24, 2.45) is 0 Å². The van der Waals surface area contributed by atoms with Gasteiger partial charge in [-0.1, -0.05) is 36.4 Å². The molecule has 1 aromatic heterocycles. The van der Waals surface area contributed by atoms with E-state index in [1.807, 2.05) is 0 Å². The van der Waals surface area contributed by atoms with Crippen molar-refractivity contribution < 1.29 is 17.2 Å². The van der Waals surface area contributed by atoms with Gasteiger partial charge in [-0.2, -0.15) is 0 Å². The molecule has 3 N–H and O–H groups in total. The van der Waals surface area contributed by atoms with Crippen molar-refractivity contribution in [3.63, 3.8) is 0 Å². The molecule has 0 bridgehead atoms. The zero-order chi connectivity index (χ0) is 25.1. The lowest BCUT2D eigenvalue weighted by Gasteiger charge is -2.23. The Morgan fingerprint density at radius 1 is 1.03 bits per heavy atom. The van der Waals surface area contributed by atoms with Crippen LogP contribution in [-0.4, -0.2) is 37.5 Å². The smallest absolute Gasteiger partial charge is 0.237 e. The van der Waals surface area contributed by atoms with E-state index in [9.17, 15) is 12.8 Å². The number of hydrogen-bond donors (Lipinski definition) is 3. The Kier molecular flexibility index (Phi) is 8.21. The van der Waals surface area contributed by atoms with Crippen molar-refractivity contribution in [1.29, 1.82) is 0 Å². The summed E-state index contributed by atoms with van der Waals surface area (Å²) in [6, 6.07) is 16.4. The molecular weight excluding hydrogens is 520 g/mol. The summed E-state index contributed by atoms with van der Waals surface area (Å²) in [5.74, 6) is -2.23. The monoisotopic (exact) mass is 545 g/mol. The Labute approximate surface area is 220 Å². The number of sulfonamides is 1. The van der Waals surface area contributed by atoms with Crippen LogP contribution in [0.5, 0.6) is 0 Å². The van der Waals surface area contributed by atoms with E-state index in [1.54, 1.807) is 54.7 Å². The first kappa shape index (κ1) is 26.7. The van der Waals surface area contributed by atoms with Crippen molar-refractivity contribution in [1.82, 2.24) is 15.3 Å². The topological polar surface area (TPSA) is 96.0 Å². The van der Waals surface area contributed by atoms with Crippen LogP contribution in [0.3, 0.4) is 0 Å². The standard InChI is InChI=1S/C26H25F2N5O2S.ClH/c27-24-21(9-11-23(25(24)28)33-36(34,35)16-17-5-2-1-3-6-17)18-8-10-22-19(13-18)14-30-26(32-22)31-20-7-4-12-29-15-20;/h1-3,5-6,8-11,13-14,20,29,33H,4,7,12,15-16H2,(H,30,31,32);1H. The fourth-order valence-electron chi connectivity index (χ4n) is 4.28. The Hall–Kier alpha value is -3.34. The first-order chi connectivity index (χ1) is 17.4. The number of piperidine rings is 1. The molecule has 1 aliphatic rings. The number of rotatable bonds is 7. The van der Waals surface area contributed by atoms with Crippen molar-refractivity contribution in [3.8, 4) is 11.1 Å². The summed E-state index contributed by atoms with van der Waals surface area (Å²) in [5, 5.41) is 7.33. The van der Waals surface area contributed by atoms with Crippen LogP contribution in [0.15, 0.2) is 66.9 Å². The lowest BCUT2D eigenvalue weighted by molar-refractivity contribution is 0.478. The molecule has 0 radical (unpaired) electrons. The highest BCUT2D eigenvalue weighted by Gasteiger charge is 2.20. The average molecular weight is 546 g/mol. The molecule has 1 fully saturated rings. The molecule has 5 rings (SSSR count). The number of fused-ring (bicyclic) bond motifs is 1. The number of nitrogens with zero attached hydrogens (tertiary/aromatic N) is 2. The lowest BCUT2D eigenvalue weighted by atomic mass is 10.0. The van der Waals surface area contributed by atoms with Gasteiger partial charge in [0.15, 0.2) is 11.6 Å². The van der Waals surface area contributed by atoms with Crippen LogP contribution < -0.4 is 15.4 Å². The van der Waals surface area contributed by atoms with Crippen molar-refractivity contribution in [2.75, 3.05) is 23.1 Å². The maximum Gasteiger partial charge on any atom is 0.237 e. The van der Waals surface area contributed by atoms with Crippen LogP contribution >= 0.6 is 12.4 Å². The van der Waals surface area contributed by atoms with E-state index in [0.29, 0.717) is 28.0 Å². The highest BCUT2D eigenvalue weighted by atomic mass is 35.5. The molecule has 2 heterocycles. The summed E-state index contributed by atoms with van der Waals surface area (Å²) in [6.45, 7) is 1.86. The molecule has 1 atom stereocenters. The largest absolute Gasteiger partial charge is 0.350 e. The van der Waals surface area contributed by atoms with Crippen LogP contribution in [0.2, 0.25) is 0 Å². The number of nitrogens with one attached hydrogen (secondary N) is 3. The minimum absolute atomic E-state index is 0. The highest BCUT2D eigenvalue weighted by Crippen LogP contribution is 2.31. The van der Waals surface area contributed by atoms with Crippen LogP contribution in [0.25, 0.3) is 22.0 Å². The molecule has 4 aromatic rings. The fraction of sp³-hybridized carbons (Fsp3) is 0.231. The summed E-state index contributed by atoms with van der Waals surface area (Å²) in [7, 11) is -3.93. The number of hydrogen-bond acceptors (Lipinski definition) is 6. The third kappa shape index (κ3) is 6.33. The third-order valence-corrected chi connectivity index (χ3v) is 7.31. The van der Waals surface area contributed by atoms with Crippen LogP contribution in [-0.2, 0) is 15.8 Å². The molecule has 1 aliphatic heterocycles. The Bertz CT molecular complexity index is 1500. The second-order valence-corrected chi connectivity index (χ2v) is 10.5. The van der Waals surface area contributed by atoms with Gasteiger partial charge < -0.3 is 10.6 Å². The van der Waals surface area contributed by atoms with Gasteiger partial charge in [0, 0.05) is 29.7 Å². The van der Waals surface area contributed by atoms with Crippen LogP contribution in [0.4, 0.5) is 20.4 Å². The van der Waals surface area contributed by atoms with Gasteiger partial charge in [-0.25, -0.2) is 27.2 Å². The molecular formula is C26H26ClF2N5O2S. The second kappa shape index (κ2) is 11.4. The predicted octanol–water partition coefficient (Wildman–Crippen LogP) is 5.10. The van der Waals surface area contributed by atoms with Gasteiger partial charge in [-0.15, -0.1) is 12.4 Å². The van der Waals surface area contributed by atoms with E-state index in [1.165, 1.54) is 12.1 Å². The average Bonchev–Trinajstić information content (AvgIpc) is 2.87. The molecule has 11 heteroatoms. The SMILES string of the molecule is Cl.O=S(=O)(Cc1ccccc1)Nc1ccc(-c2ccc3nc(NC4CCCNC4)ncc3c2)c(F)c1F. The van der Waals surface area contributed by atoms with E-state index in [4.69, 9.17) is 0 Å². The molecule has 1 unspecified atom stereocenters. The van der Waals surface area contributed by atoms with E-state index in [2.05, 4.69) is 25.3 Å². The molecule has 194 valence electrons. The molecule has 1 saturated heterocycles. The Balaban J connectivity index is 0.00000320. The molecule has 0 aliphatic carbocycles. The van der Waals surface area contributed by atoms with Gasteiger partial charge in [0.2, 0.25) is 16.0 Å². The van der Waals surface area contributed by atoms with Crippen molar-refractivity contribution in [3.05, 3.63) is 84.1 Å². The summed E-state index contributed by atoms with van der Waals surface area (Å²) >= 11 is 0. The maximum absolute atomic E-state index is 15.0. The van der Waals surface area contributed by atoms with E-state index < -0.39 is 27.3 Å². The fourth-order valence-corrected chi connectivity index (χ4v) is 5.47. The molecule has 3 aromatic carbocycles. The first-order valence-corrected chi connectivity index (χ1v) is 13.3. The zero-order valence-electron chi connectivity index (χ0n) is 19.7. The zero-order valence-corrected chi connectivity index (χ0v) is 21.4. The minimum Gasteiger partial charge on any atom is -0.350 e. The van der Waals surface area contributed by atoms with E-state index >= 15 is 4.39 Å². The molecule has 0 saturated carbocycles. The highest BCUT2D eigenvalue weighted by molar-refractivity contribution is 7.91. The van der Waals surface area contributed by atoms with Gasteiger partial charge in [0.25, 0.3) is 0 Å². The number of anilines is 2. The third-order valence-electron chi connectivity index (χ3n) is 6.07. The first-order valence-electron chi connectivity index (χ1n) is 11.6. The van der Waals surface area contributed by atoms with Gasteiger partial charge in [-0.3, -0.25) is 4.72 Å². The Morgan fingerprint density at radius 2 is 1.84 bits per heavy atom. The van der Waals surface area contributed by atoms with Gasteiger partial charge in [0.05, 0.1) is 17.0 Å². The summed E-state index contributed by atoms with van der Waals surface area (Å²) in [5.41, 5.74) is 1.21. The van der Waals surface area contributed by atoms with Gasteiger partial charge in [-0.05, 0) is 54.8 Å². The molecule has 0 spiro atoms. The minimum atomic E-state index is -3.93. The summed E-state index contributed by atoms with van der Waals surface area (Å²) < 4.78 is 57.0. The summed E-state index contributed by atoms with van der Waals surface area (Å²) in [4.78, 5) is 8.91. The molecule has 37 heavy (non-hydrogen) atoms. The second-order valence-electron chi connectivity index (χ2n) is 8.79. The van der Waals surface area contributed by atoms with E-state index in [0.717, 1.165) is 25.9 Å². The number of benzene rings is 3. The quantitative estimate of drug-likeness (QED) is 0.299. The van der Waals surface area contributed by atoms with Crippen LogP contribution in [0.1, 0.15) is 18.4 Å². The number of aromatic nitrogens is 2. The maximum atomic E-state index is 15.0. The lowest BCUT2D eigenvalue weighted by Crippen LogP contribution is -2.38. The summed E-state index contributed by atoms with van der Waals surface area (Å²) in [6.07, 6.45) is 3.77. The van der Waals surface area contributed by atoms with Crippen molar-refractivity contribution in [2.45, 2.75) is 24.6 Å².